The Morgan fingerprint density at radius 1 is 1.11 bits per heavy atom. The molecule has 0 aliphatic heterocycles. The Bertz CT molecular complexity index is 419. The summed E-state index contributed by atoms with van der Waals surface area (Å²) in [5.74, 6) is -1.97. The molecule has 0 radical (unpaired) electrons. The molecule has 0 aromatic carbocycles. The van der Waals surface area contributed by atoms with E-state index in [0.717, 1.165) is 0 Å². The number of carbonyl (C=O) groups is 1. The van der Waals surface area contributed by atoms with Crippen LogP contribution in [-0.2, 0) is 14.6 Å². The number of sulfone groups is 1. The summed E-state index contributed by atoms with van der Waals surface area (Å²) in [5, 5.41) is 0. The normalized spacial score (nSPS) is 17.3. The molecule has 8 heteroatoms. The summed E-state index contributed by atoms with van der Waals surface area (Å²) in [6.45, 7) is 4.79. The van der Waals surface area contributed by atoms with Gasteiger partial charge in [-0.1, -0.05) is 0 Å². The Hall–Kier alpha value is -0.630. The first-order chi connectivity index (χ1) is 7.63. The van der Waals surface area contributed by atoms with Gasteiger partial charge in [-0.15, -0.1) is 0 Å². The first-order valence-corrected chi connectivity index (χ1v) is 6.89. The van der Waals surface area contributed by atoms with Crippen LogP contribution in [0.1, 0.15) is 34.1 Å². The maximum Gasteiger partial charge on any atom is 0.413 e. The van der Waals surface area contributed by atoms with Crippen molar-refractivity contribution in [3.63, 3.8) is 0 Å². The molecule has 0 aromatic rings. The third-order valence-electron chi connectivity index (χ3n) is 2.70. The number of Topliss-reactive ketones (excluding diaryl/α,β-unsaturated/α-hetero) is 1. The number of halogens is 3. The second kappa shape index (κ2) is 4.80. The highest BCUT2D eigenvalue weighted by Crippen LogP contribution is 2.30. The fourth-order valence-corrected chi connectivity index (χ4v) is 2.02. The molecule has 0 fully saturated rings. The molecular weight excluding hydrogens is 271 g/mol. The van der Waals surface area contributed by atoms with E-state index in [2.05, 4.69) is 0 Å². The van der Waals surface area contributed by atoms with Gasteiger partial charge in [-0.2, -0.15) is 13.2 Å². The fourth-order valence-electron chi connectivity index (χ4n) is 0.951. The molecule has 0 aromatic heterocycles. The Morgan fingerprint density at radius 3 is 1.78 bits per heavy atom. The van der Waals surface area contributed by atoms with Crippen molar-refractivity contribution < 1.29 is 26.4 Å². The lowest BCUT2D eigenvalue weighted by atomic mass is 9.95. The standard InChI is InChI=1S/C10H18F3NO3S/c1-8(2,3)18(16,17)6-5-7(15)9(4,14)10(11,12)13/h5-6,14H2,1-4H3. The van der Waals surface area contributed by atoms with Crippen LogP contribution < -0.4 is 5.73 Å². The van der Waals surface area contributed by atoms with Gasteiger partial charge in [0, 0.05) is 6.42 Å². The van der Waals surface area contributed by atoms with Crippen LogP contribution in [0.5, 0.6) is 0 Å². The summed E-state index contributed by atoms with van der Waals surface area (Å²) in [4.78, 5) is 11.4. The van der Waals surface area contributed by atoms with Gasteiger partial charge in [-0.3, -0.25) is 4.79 Å². The van der Waals surface area contributed by atoms with Gasteiger partial charge in [0.15, 0.2) is 21.2 Å². The number of hydrogen-bond donors (Lipinski definition) is 1. The molecule has 18 heavy (non-hydrogen) atoms. The van der Waals surface area contributed by atoms with E-state index in [1.165, 1.54) is 20.8 Å². The van der Waals surface area contributed by atoms with Crippen molar-refractivity contribution in [1.29, 1.82) is 0 Å². The average Bonchev–Trinajstić information content (AvgIpc) is 2.10. The van der Waals surface area contributed by atoms with Crippen LogP contribution in [0.25, 0.3) is 0 Å². The predicted octanol–water partition coefficient (Wildman–Crippen LogP) is 1.44. The van der Waals surface area contributed by atoms with Crippen LogP contribution in [0.4, 0.5) is 13.2 Å². The highest BCUT2D eigenvalue weighted by molar-refractivity contribution is 7.92. The van der Waals surface area contributed by atoms with Crippen molar-refractivity contribution in [2.24, 2.45) is 5.73 Å². The smallest absolute Gasteiger partial charge is 0.312 e. The van der Waals surface area contributed by atoms with Crippen molar-refractivity contribution in [2.75, 3.05) is 5.75 Å². The molecule has 0 aliphatic rings. The summed E-state index contributed by atoms with van der Waals surface area (Å²) in [7, 11) is -3.64. The quantitative estimate of drug-likeness (QED) is 0.849. The van der Waals surface area contributed by atoms with E-state index in [0.29, 0.717) is 6.92 Å². The van der Waals surface area contributed by atoms with Gasteiger partial charge in [0.05, 0.1) is 10.5 Å². The van der Waals surface area contributed by atoms with E-state index in [4.69, 9.17) is 5.73 Å². The van der Waals surface area contributed by atoms with E-state index in [9.17, 15) is 26.4 Å². The zero-order valence-electron chi connectivity index (χ0n) is 10.8. The van der Waals surface area contributed by atoms with Crippen LogP contribution >= 0.6 is 0 Å². The summed E-state index contributed by atoms with van der Waals surface area (Å²) < 4.78 is 59.5. The maximum atomic E-state index is 12.4. The molecular formula is C10H18F3NO3S. The van der Waals surface area contributed by atoms with Gasteiger partial charge >= 0.3 is 6.18 Å². The van der Waals surface area contributed by atoms with Gasteiger partial charge in [-0.05, 0) is 27.7 Å². The third kappa shape index (κ3) is 3.68. The Kier molecular flexibility index (Phi) is 4.64. The van der Waals surface area contributed by atoms with Crippen molar-refractivity contribution >= 4 is 15.6 Å². The SMILES string of the molecule is CC(N)(C(=O)CCS(=O)(=O)C(C)(C)C)C(F)(F)F. The van der Waals surface area contributed by atoms with Gasteiger partial charge in [0.1, 0.15) is 0 Å². The zero-order chi connectivity index (χ0) is 15.0. The highest BCUT2D eigenvalue weighted by Gasteiger charge is 2.53. The van der Waals surface area contributed by atoms with E-state index in [-0.39, 0.29) is 0 Å². The van der Waals surface area contributed by atoms with Gasteiger partial charge in [-0.25, -0.2) is 8.42 Å². The van der Waals surface area contributed by atoms with Crippen LogP contribution in [0.15, 0.2) is 0 Å². The summed E-state index contributed by atoms with van der Waals surface area (Å²) in [5.41, 5.74) is 1.89. The zero-order valence-corrected chi connectivity index (χ0v) is 11.6. The third-order valence-corrected chi connectivity index (χ3v) is 5.31. The molecule has 0 amide bonds. The average molecular weight is 289 g/mol. The van der Waals surface area contributed by atoms with Crippen LogP contribution in [-0.4, -0.2) is 36.4 Å². The number of ketones is 1. The van der Waals surface area contributed by atoms with Crippen molar-refractivity contribution in [3.8, 4) is 0 Å². The molecule has 4 nitrogen and oxygen atoms in total. The minimum absolute atomic E-state index is 0.541. The van der Waals surface area contributed by atoms with E-state index in [1.807, 2.05) is 0 Å². The Balaban J connectivity index is 4.85. The fraction of sp³-hybridized carbons (Fsp3) is 0.900. The second-order valence-corrected chi connectivity index (χ2v) is 8.17. The largest absolute Gasteiger partial charge is 0.413 e. The minimum Gasteiger partial charge on any atom is -0.312 e. The maximum absolute atomic E-state index is 12.4. The minimum atomic E-state index is -4.89. The van der Waals surface area contributed by atoms with E-state index < -0.39 is 44.3 Å². The Morgan fingerprint density at radius 2 is 1.50 bits per heavy atom. The Labute approximate surface area is 105 Å². The molecule has 0 rings (SSSR count). The summed E-state index contributed by atoms with van der Waals surface area (Å²) in [6, 6.07) is 0. The highest BCUT2D eigenvalue weighted by atomic mass is 32.2. The topological polar surface area (TPSA) is 77.2 Å². The number of rotatable bonds is 4. The van der Waals surface area contributed by atoms with Crippen molar-refractivity contribution in [3.05, 3.63) is 0 Å². The van der Waals surface area contributed by atoms with Crippen LogP contribution in [0.3, 0.4) is 0 Å². The molecule has 0 heterocycles. The van der Waals surface area contributed by atoms with Gasteiger partial charge in [0.25, 0.3) is 0 Å². The van der Waals surface area contributed by atoms with Crippen LogP contribution in [0.2, 0.25) is 0 Å². The molecule has 2 N–H and O–H groups in total. The number of carbonyl (C=O) groups excluding carboxylic acids is 1. The van der Waals surface area contributed by atoms with Crippen molar-refractivity contribution in [2.45, 2.75) is 50.6 Å². The molecule has 0 saturated heterocycles. The van der Waals surface area contributed by atoms with Gasteiger partial charge in [0.2, 0.25) is 0 Å². The second-order valence-electron chi connectivity index (χ2n) is 5.30. The molecule has 0 bridgehead atoms. The number of alkyl halides is 3. The lowest BCUT2D eigenvalue weighted by Crippen LogP contribution is -2.57. The number of nitrogens with two attached hydrogens (primary N) is 1. The van der Waals surface area contributed by atoms with Crippen LogP contribution in [0, 0.1) is 0 Å². The molecule has 1 atom stereocenters. The van der Waals surface area contributed by atoms with E-state index in [1.54, 1.807) is 0 Å². The first-order valence-electron chi connectivity index (χ1n) is 5.24. The van der Waals surface area contributed by atoms with E-state index >= 15 is 0 Å². The monoisotopic (exact) mass is 289 g/mol. The van der Waals surface area contributed by atoms with Crippen molar-refractivity contribution in [1.82, 2.24) is 0 Å². The lowest BCUT2D eigenvalue weighted by Gasteiger charge is -2.26. The summed E-state index contributed by atoms with van der Waals surface area (Å²) >= 11 is 0. The molecule has 108 valence electrons. The lowest BCUT2D eigenvalue weighted by molar-refractivity contribution is -0.185. The van der Waals surface area contributed by atoms with Gasteiger partial charge < -0.3 is 5.73 Å². The molecule has 0 spiro atoms. The molecule has 0 saturated carbocycles. The first kappa shape index (κ1) is 17.4. The molecule has 1 unspecified atom stereocenters. The number of hydrogen-bond acceptors (Lipinski definition) is 4. The molecule has 0 aliphatic carbocycles. The predicted molar refractivity (Wildman–Crippen MR) is 61.8 cm³/mol. The summed E-state index contributed by atoms with van der Waals surface area (Å²) in [6.07, 6.45) is -5.64.